The van der Waals surface area contributed by atoms with E-state index in [9.17, 15) is 24.3 Å². The number of aliphatic hydroxyl groups is 1. The van der Waals surface area contributed by atoms with Crippen molar-refractivity contribution in [3.63, 3.8) is 0 Å². The zero-order valence-electron chi connectivity index (χ0n) is 32.9. The summed E-state index contributed by atoms with van der Waals surface area (Å²) in [6.45, 7) is 19.9. The first-order chi connectivity index (χ1) is 24.1. The van der Waals surface area contributed by atoms with E-state index >= 15 is 0 Å². The number of carbonyl (C=O) groups excluding carboxylic acids is 4. The van der Waals surface area contributed by atoms with Crippen LogP contribution in [0.3, 0.4) is 0 Å². The predicted octanol–water partition coefficient (Wildman–Crippen LogP) is 4.36. The number of rotatable bonds is 13. The number of nitrogens with zero attached hydrogens (tertiary/aromatic N) is 4. The van der Waals surface area contributed by atoms with Gasteiger partial charge in [-0.15, -0.1) is 11.3 Å². The Balaban J connectivity index is 1.80. The van der Waals surface area contributed by atoms with E-state index in [-0.39, 0.29) is 24.9 Å². The smallest absolute Gasteiger partial charge is 0.410 e. The minimum atomic E-state index is -1.10. The lowest BCUT2D eigenvalue weighted by Crippen LogP contribution is -2.64. The minimum Gasteiger partial charge on any atom is -0.444 e. The Morgan fingerprint density at radius 1 is 1.02 bits per heavy atom. The number of amides is 5. The largest absolute Gasteiger partial charge is 0.444 e. The lowest BCUT2D eigenvalue weighted by molar-refractivity contribution is -0.132. The van der Waals surface area contributed by atoms with E-state index in [2.05, 4.69) is 34.8 Å². The first-order valence-corrected chi connectivity index (χ1v) is 19.0. The van der Waals surface area contributed by atoms with Gasteiger partial charge in [0.05, 0.1) is 29.4 Å². The van der Waals surface area contributed by atoms with E-state index < -0.39 is 53.4 Å². The van der Waals surface area contributed by atoms with Gasteiger partial charge in [-0.3, -0.25) is 14.5 Å². The van der Waals surface area contributed by atoms with Gasteiger partial charge in [0.2, 0.25) is 11.8 Å². The van der Waals surface area contributed by atoms with Crippen LogP contribution in [0.5, 0.6) is 0 Å². The second-order valence-electron chi connectivity index (χ2n) is 16.4. The molecule has 1 saturated heterocycles. The highest BCUT2D eigenvalue weighted by Crippen LogP contribution is 2.21. The number of hydrogen-bond acceptors (Lipinski definition) is 9. The van der Waals surface area contributed by atoms with Crippen LogP contribution in [-0.2, 0) is 27.3 Å². The standard InChI is InChI=1S/C38H61N7O6S/c1-24(2)31(41-35(49)43(11)20-27-23-52-34(39-27)25(3)4)33(48)40-28(19-26-15-13-12-14-16-26)30(46)22-44-17-18-45(36(50)51-38(8,9)10)21-29(44)32(47)42-37(5,6)7/h12-16,23-25,28-31,46H,17-22H2,1-11H3,(H,40,48)(H,41,49)(H,42,47)/t28-,29-,30-,31-/m0/s1. The number of hydrogen-bond donors (Lipinski definition) is 4. The van der Waals surface area contributed by atoms with Crippen LogP contribution in [-0.4, -0.2) is 117 Å². The molecule has 0 bridgehead atoms. The van der Waals surface area contributed by atoms with Crippen LogP contribution >= 0.6 is 11.3 Å². The summed E-state index contributed by atoms with van der Waals surface area (Å²) in [4.78, 5) is 63.4. The van der Waals surface area contributed by atoms with Gasteiger partial charge < -0.3 is 35.6 Å². The minimum absolute atomic E-state index is 0.0512. The summed E-state index contributed by atoms with van der Waals surface area (Å²) in [5.74, 6) is -0.671. The van der Waals surface area contributed by atoms with E-state index in [1.165, 1.54) is 9.80 Å². The highest BCUT2D eigenvalue weighted by molar-refractivity contribution is 7.09. The van der Waals surface area contributed by atoms with Crippen molar-refractivity contribution in [2.75, 3.05) is 33.2 Å². The third-order valence-corrected chi connectivity index (χ3v) is 9.69. The van der Waals surface area contributed by atoms with Gasteiger partial charge in [0.15, 0.2) is 0 Å². The van der Waals surface area contributed by atoms with E-state index in [4.69, 9.17) is 4.74 Å². The summed E-state index contributed by atoms with van der Waals surface area (Å²) in [5, 5.41) is 23.7. The predicted molar refractivity (Wildman–Crippen MR) is 204 cm³/mol. The van der Waals surface area contributed by atoms with Crippen molar-refractivity contribution < 1.29 is 29.0 Å². The summed E-state index contributed by atoms with van der Waals surface area (Å²) < 4.78 is 5.60. The molecule has 3 rings (SSSR count). The molecule has 2 heterocycles. The molecule has 0 spiro atoms. The molecule has 4 N–H and O–H groups in total. The van der Waals surface area contributed by atoms with Crippen LogP contribution in [0.25, 0.3) is 0 Å². The molecule has 0 aliphatic carbocycles. The Hall–Kier alpha value is -3.75. The first-order valence-electron chi connectivity index (χ1n) is 18.2. The molecule has 290 valence electrons. The number of carbonyl (C=O) groups is 4. The van der Waals surface area contributed by atoms with E-state index in [0.717, 1.165) is 16.3 Å². The van der Waals surface area contributed by atoms with Crippen LogP contribution in [0, 0.1) is 5.92 Å². The fourth-order valence-corrected chi connectivity index (χ4v) is 6.60. The number of ether oxygens (including phenoxy) is 1. The quantitative estimate of drug-likeness (QED) is 0.236. The van der Waals surface area contributed by atoms with Crippen molar-refractivity contribution >= 4 is 35.3 Å². The molecule has 0 saturated carbocycles. The number of thiazole rings is 1. The van der Waals surface area contributed by atoms with Crippen molar-refractivity contribution in [2.24, 2.45) is 5.92 Å². The average Bonchev–Trinajstić information content (AvgIpc) is 3.50. The second-order valence-corrected chi connectivity index (χ2v) is 17.3. The van der Waals surface area contributed by atoms with Crippen molar-refractivity contribution in [1.29, 1.82) is 0 Å². The molecule has 13 nitrogen and oxygen atoms in total. The fraction of sp³-hybridized carbons (Fsp3) is 0.658. The molecule has 0 radical (unpaired) electrons. The van der Waals surface area contributed by atoms with Crippen molar-refractivity contribution in [3.8, 4) is 0 Å². The third kappa shape index (κ3) is 13.3. The number of aromatic nitrogens is 1. The third-order valence-electron chi connectivity index (χ3n) is 8.49. The highest BCUT2D eigenvalue weighted by Gasteiger charge is 2.39. The molecule has 4 atom stereocenters. The van der Waals surface area contributed by atoms with Gasteiger partial charge >= 0.3 is 12.1 Å². The Kier molecular flexibility index (Phi) is 15.0. The Bertz CT molecular complexity index is 1490. The van der Waals surface area contributed by atoms with Crippen LogP contribution in [0.2, 0.25) is 0 Å². The fourth-order valence-electron chi connectivity index (χ4n) is 5.78. The summed E-state index contributed by atoms with van der Waals surface area (Å²) in [6.07, 6.45) is -1.30. The topological polar surface area (TPSA) is 156 Å². The molecule has 1 aromatic carbocycles. The van der Waals surface area contributed by atoms with Crippen molar-refractivity contribution in [3.05, 3.63) is 52.0 Å². The monoisotopic (exact) mass is 743 g/mol. The summed E-state index contributed by atoms with van der Waals surface area (Å²) in [7, 11) is 1.66. The Morgan fingerprint density at radius 2 is 1.67 bits per heavy atom. The molecule has 1 aliphatic rings. The number of nitrogens with one attached hydrogen (secondary N) is 3. The number of urea groups is 1. The van der Waals surface area contributed by atoms with Crippen LogP contribution in [0.4, 0.5) is 9.59 Å². The first kappa shape index (κ1) is 42.7. The van der Waals surface area contributed by atoms with Gasteiger partial charge in [0.25, 0.3) is 0 Å². The van der Waals surface area contributed by atoms with Gasteiger partial charge in [-0.2, -0.15) is 0 Å². The van der Waals surface area contributed by atoms with Gasteiger partial charge in [0.1, 0.15) is 17.7 Å². The SMILES string of the molecule is CC(C)c1nc(CN(C)C(=O)N[C@H](C(=O)N[C@@H](Cc2ccccc2)[C@@H](O)CN2CCN(C(=O)OC(C)(C)C)C[C@H]2C(=O)NC(C)(C)C)C(C)C)cs1. The Labute approximate surface area is 313 Å². The molecule has 5 amide bonds. The molecule has 52 heavy (non-hydrogen) atoms. The Morgan fingerprint density at radius 3 is 2.23 bits per heavy atom. The molecule has 1 aromatic heterocycles. The van der Waals surface area contributed by atoms with Crippen LogP contribution in [0.15, 0.2) is 35.7 Å². The molecular weight excluding hydrogens is 683 g/mol. The van der Waals surface area contributed by atoms with Gasteiger partial charge in [0, 0.05) is 50.1 Å². The second kappa shape index (κ2) is 18.3. The maximum atomic E-state index is 13.9. The molecular formula is C38H61N7O6S. The van der Waals surface area contributed by atoms with Crippen molar-refractivity contribution in [1.82, 2.24) is 35.6 Å². The summed E-state index contributed by atoms with van der Waals surface area (Å²) in [6, 6.07) is 6.70. The van der Waals surface area contributed by atoms with Gasteiger partial charge in [-0.1, -0.05) is 58.0 Å². The summed E-state index contributed by atoms with van der Waals surface area (Å²) in [5.41, 5.74) is 0.459. The van der Waals surface area contributed by atoms with Crippen LogP contribution < -0.4 is 16.0 Å². The van der Waals surface area contributed by atoms with E-state index in [0.29, 0.717) is 32.0 Å². The van der Waals surface area contributed by atoms with E-state index in [1.807, 2.05) is 75.2 Å². The lowest BCUT2D eigenvalue weighted by atomic mass is 9.97. The maximum absolute atomic E-state index is 13.9. The zero-order valence-corrected chi connectivity index (χ0v) is 33.7. The molecule has 1 aliphatic heterocycles. The molecule has 1 fully saturated rings. The average molecular weight is 744 g/mol. The molecule has 2 aromatic rings. The number of benzene rings is 1. The van der Waals surface area contributed by atoms with Gasteiger partial charge in [-0.25, -0.2) is 14.6 Å². The number of β-amino-alcohol motifs (C(OH)–C–C–N with tert-alkyl or cyclic N) is 1. The normalized spacial score (nSPS) is 17.3. The number of aliphatic hydroxyl groups excluding tert-OH is 1. The molecule has 14 heteroatoms. The van der Waals surface area contributed by atoms with Crippen LogP contribution in [0.1, 0.15) is 91.4 Å². The van der Waals surface area contributed by atoms with E-state index in [1.54, 1.807) is 39.2 Å². The van der Waals surface area contributed by atoms with Gasteiger partial charge in [-0.05, 0) is 59.4 Å². The number of piperazine rings is 1. The van der Waals surface area contributed by atoms with Crippen molar-refractivity contribution in [2.45, 2.75) is 123 Å². The summed E-state index contributed by atoms with van der Waals surface area (Å²) >= 11 is 1.56. The highest BCUT2D eigenvalue weighted by atomic mass is 32.1. The lowest BCUT2D eigenvalue weighted by Gasteiger charge is -2.43. The maximum Gasteiger partial charge on any atom is 0.410 e. The zero-order chi connectivity index (χ0) is 39.0. The molecule has 0 unspecified atom stereocenters.